The number of hydrogen-bond donors (Lipinski definition) is 2. The summed E-state index contributed by atoms with van der Waals surface area (Å²) < 4.78 is 23.4. The minimum Gasteiger partial charge on any atom is -0.375 e. The molecule has 0 unspecified atom stereocenters. The molecule has 0 atom stereocenters. The number of ketones is 1. The standard InChI is InChI=1S/C14H18N2O4S/c1-4-7-15-14(18)9-16-12-8-11(10(2)17)5-6-13(12)21(3,19)20/h4-6,8,16H,1,7,9H2,2-3H3,(H,15,18). The van der Waals surface area contributed by atoms with Crippen LogP contribution < -0.4 is 10.6 Å². The average molecular weight is 310 g/mol. The van der Waals surface area contributed by atoms with Gasteiger partial charge in [0.25, 0.3) is 0 Å². The van der Waals surface area contributed by atoms with E-state index in [0.717, 1.165) is 6.26 Å². The van der Waals surface area contributed by atoms with Gasteiger partial charge in [-0.2, -0.15) is 0 Å². The fourth-order valence-electron chi connectivity index (χ4n) is 1.63. The van der Waals surface area contributed by atoms with Crippen LogP contribution in [0, 0.1) is 0 Å². The molecule has 0 saturated carbocycles. The predicted molar refractivity (Wildman–Crippen MR) is 81.3 cm³/mol. The number of hydrogen-bond acceptors (Lipinski definition) is 5. The fourth-order valence-corrected chi connectivity index (χ4v) is 2.48. The molecule has 114 valence electrons. The second-order valence-electron chi connectivity index (χ2n) is 4.49. The summed E-state index contributed by atoms with van der Waals surface area (Å²) in [6.45, 7) is 5.09. The third-order valence-electron chi connectivity index (χ3n) is 2.67. The van der Waals surface area contributed by atoms with E-state index in [4.69, 9.17) is 0 Å². The second kappa shape index (κ2) is 7.03. The molecule has 1 amide bonds. The zero-order valence-electron chi connectivity index (χ0n) is 12.0. The molecule has 1 aromatic rings. The van der Waals surface area contributed by atoms with Gasteiger partial charge in [0.05, 0.1) is 17.1 Å². The van der Waals surface area contributed by atoms with Crippen molar-refractivity contribution in [3.05, 3.63) is 36.4 Å². The van der Waals surface area contributed by atoms with Gasteiger partial charge in [-0.1, -0.05) is 6.08 Å². The van der Waals surface area contributed by atoms with Crippen molar-refractivity contribution >= 4 is 27.2 Å². The summed E-state index contributed by atoms with van der Waals surface area (Å²) in [5.41, 5.74) is 0.607. The van der Waals surface area contributed by atoms with Crippen molar-refractivity contribution in [2.24, 2.45) is 0 Å². The van der Waals surface area contributed by atoms with E-state index < -0.39 is 9.84 Å². The Morgan fingerprint density at radius 1 is 1.33 bits per heavy atom. The van der Waals surface area contributed by atoms with Crippen molar-refractivity contribution in [1.82, 2.24) is 5.32 Å². The van der Waals surface area contributed by atoms with Gasteiger partial charge in [0.2, 0.25) is 5.91 Å². The largest absolute Gasteiger partial charge is 0.375 e. The molecule has 0 aliphatic heterocycles. The van der Waals surface area contributed by atoms with Gasteiger partial charge < -0.3 is 10.6 Å². The van der Waals surface area contributed by atoms with E-state index in [0.29, 0.717) is 12.1 Å². The van der Waals surface area contributed by atoms with Gasteiger partial charge in [-0.15, -0.1) is 6.58 Å². The zero-order chi connectivity index (χ0) is 16.0. The Morgan fingerprint density at radius 2 is 2.00 bits per heavy atom. The highest BCUT2D eigenvalue weighted by atomic mass is 32.2. The number of anilines is 1. The number of sulfone groups is 1. The van der Waals surface area contributed by atoms with Crippen LogP contribution in [0.5, 0.6) is 0 Å². The van der Waals surface area contributed by atoms with Crippen molar-refractivity contribution in [2.75, 3.05) is 24.7 Å². The Balaban J connectivity index is 3.01. The molecule has 1 aromatic carbocycles. The Morgan fingerprint density at radius 3 is 2.52 bits per heavy atom. The molecule has 0 aromatic heterocycles. The lowest BCUT2D eigenvalue weighted by atomic mass is 10.1. The van der Waals surface area contributed by atoms with Crippen LogP contribution in [0.1, 0.15) is 17.3 Å². The lowest BCUT2D eigenvalue weighted by Gasteiger charge is -2.12. The quantitative estimate of drug-likeness (QED) is 0.579. The van der Waals surface area contributed by atoms with E-state index in [1.807, 2.05) is 0 Å². The number of nitrogens with one attached hydrogen (secondary N) is 2. The summed E-state index contributed by atoms with van der Waals surface area (Å²) in [7, 11) is -3.46. The molecule has 1 rings (SSSR count). The molecule has 7 heteroatoms. The number of carbonyl (C=O) groups is 2. The zero-order valence-corrected chi connectivity index (χ0v) is 12.8. The topological polar surface area (TPSA) is 92.3 Å². The Kier molecular flexibility index (Phi) is 5.66. The monoisotopic (exact) mass is 310 g/mol. The van der Waals surface area contributed by atoms with E-state index in [9.17, 15) is 18.0 Å². The van der Waals surface area contributed by atoms with Gasteiger partial charge >= 0.3 is 0 Å². The molecular formula is C14H18N2O4S. The normalized spacial score (nSPS) is 10.8. The first kappa shape index (κ1) is 16.9. The van der Waals surface area contributed by atoms with Crippen LogP contribution in [0.25, 0.3) is 0 Å². The van der Waals surface area contributed by atoms with E-state index >= 15 is 0 Å². The molecule has 2 N–H and O–H groups in total. The fraction of sp³-hybridized carbons (Fsp3) is 0.286. The maximum atomic E-state index is 11.7. The van der Waals surface area contributed by atoms with E-state index in [1.165, 1.54) is 31.2 Å². The first-order valence-corrected chi connectivity index (χ1v) is 8.11. The molecule has 0 aliphatic carbocycles. The number of amides is 1. The molecule has 0 bridgehead atoms. The van der Waals surface area contributed by atoms with Gasteiger partial charge in [-0.3, -0.25) is 9.59 Å². The van der Waals surface area contributed by atoms with Gasteiger partial charge in [-0.05, 0) is 25.1 Å². The van der Waals surface area contributed by atoms with E-state index in [2.05, 4.69) is 17.2 Å². The summed E-state index contributed by atoms with van der Waals surface area (Å²) in [4.78, 5) is 22.9. The summed E-state index contributed by atoms with van der Waals surface area (Å²) in [6.07, 6.45) is 2.61. The minimum absolute atomic E-state index is 0.0454. The summed E-state index contributed by atoms with van der Waals surface area (Å²) in [6, 6.07) is 4.23. The number of carbonyl (C=O) groups excluding carboxylic acids is 2. The van der Waals surface area contributed by atoms with Crippen LogP contribution in [0.2, 0.25) is 0 Å². The molecule has 0 spiro atoms. The lowest BCUT2D eigenvalue weighted by Crippen LogP contribution is -2.30. The van der Waals surface area contributed by atoms with Crippen molar-refractivity contribution in [2.45, 2.75) is 11.8 Å². The van der Waals surface area contributed by atoms with Gasteiger partial charge in [0.15, 0.2) is 15.6 Å². The van der Waals surface area contributed by atoms with Crippen molar-refractivity contribution in [3.63, 3.8) is 0 Å². The van der Waals surface area contributed by atoms with Crippen LogP contribution in [0.3, 0.4) is 0 Å². The highest BCUT2D eigenvalue weighted by molar-refractivity contribution is 7.90. The van der Waals surface area contributed by atoms with Crippen LogP contribution >= 0.6 is 0 Å². The highest BCUT2D eigenvalue weighted by Crippen LogP contribution is 2.23. The molecule has 21 heavy (non-hydrogen) atoms. The Hall–Kier alpha value is -2.15. The smallest absolute Gasteiger partial charge is 0.239 e. The van der Waals surface area contributed by atoms with Crippen molar-refractivity contribution in [1.29, 1.82) is 0 Å². The number of rotatable bonds is 7. The van der Waals surface area contributed by atoms with Crippen LogP contribution in [0.4, 0.5) is 5.69 Å². The summed E-state index contributed by atoms with van der Waals surface area (Å²) >= 11 is 0. The molecule has 6 nitrogen and oxygen atoms in total. The maximum absolute atomic E-state index is 11.7. The van der Waals surface area contributed by atoms with Gasteiger partial charge in [0.1, 0.15) is 0 Å². The summed E-state index contributed by atoms with van der Waals surface area (Å²) in [5, 5.41) is 5.31. The van der Waals surface area contributed by atoms with Crippen LogP contribution in [0.15, 0.2) is 35.7 Å². The second-order valence-corrected chi connectivity index (χ2v) is 6.47. The van der Waals surface area contributed by atoms with Crippen molar-refractivity contribution < 1.29 is 18.0 Å². The molecular weight excluding hydrogens is 292 g/mol. The number of benzene rings is 1. The maximum Gasteiger partial charge on any atom is 0.239 e. The van der Waals surface area contributed by atoms with Gasteiger partial charge in [-0.25, -0.2) is 8.42 Å². The van der Waals surface area contributed by atoms with Crippen molar-refractivity contribution in [3.8, 4) is 0 Å². The first-order chi connectivity index (χ1) is 9.75. The van der Waals surface area contributed by atoms with E-state index in [1.54, 1.807) is 0 Å². The summed E-state index contributed by atoms with van der Waals surface area (Å²) in [5.74, 6) is -0.489. The predicted octanol–water partition coefficient (Wildman–Crippen LogP) is 1.01. The third-order valence-corrected chi connectivity index (χ3v) is 3.82. The van der Waals surface area contributed by atoms with E-state index in [-0.39, 0.29) is 28.8 Å². The Bertz CT molecular complexity index is 666. The SMILES string of the molecule is C=CCNC(=O)CNc1cc(C(C)=O)ccc1S(C)(=O)=O. The molecule has 0 aliphatic rings. The number of Topliss-reactive ketones (excluding diaryl/α,β-unsaturated/α-hetero) is 1. The third kappa shape index (κ3) is 5.03. The highest BCUT2D eigenvalue weighted by Gasteiger charge is 2.15. The molecule has 0 heterocycles. The van der Waals surface area contributed by atoms with Gasteiger partial charge in [0, 0.05) is 18.4 Å². The molecule has 0 saturated heterocycles. The molecule has 0 radical (unpaired) electrons. The molecule has 0 fully saturated rings. The van der Waals surface area contributed by atoms with Crippen LogP contribution in [-0.4, -0.2) is 39.5 Å². The van der Waals surface area contributed by atoms with Crippen LogP contribution in [-0.2, 0) is 14.6 Å². The average Bonchev–Trinajstić information content (AvgIpc) is 2.41. The lowest BCUT2D eigenvalue weighted by molar-refractivity contribution is -0.119. The minimum atomic E-state index is -3.46. The first-order valence-electron chi connectivity index (χ1n) is 6.22. The Labute approximate surface area is 124 Å².